The van der Waals surface area contributed by atoms with Crippen LogP contribution in [0.15, 0.2) is 52.4 Å². The second-order valence-corrected chi connectivity index (χ2v) is 7.92. The van der Waals surface area contributed by atoms with Crippen molar-refractivity contribution in [2.45, 2.75) is 24.4 Å². The first kappa shape index (κ1) is 16.4. The number of thioether (sulfide) groups is 1. The third-order valence-corrected chi connectivity index (χ3v) is 6.34. The SMILES string of the molecule is CCn1c(SCc2csc(-c3ccccn3)n2)nnc1-c1cccs1. The highest BCUT2D eigenvalue weighted by molar-refractivity contribution is 7.98. The van der Waals surface area contributed by atoms with E-state index in [-0.39, 0.29) is 0 Å². The number of rotatable bonds is 6. The van der Waals surface area contributed by atoms with Crippen molar-refractivity contribution in [3.05, 3.63) is 53.0 Å². The van der Waals surface area contributed by atoms with Crippen molar-refractivity contribution < 1.29 is 0 Å². The predicted molar refractivity (Wildman–Crippen MR) is 104 cm³/mol. The van der Waals surface area contributed by atoms with Gasteiger partial charge in [0.05, 0.1) is 16.3 Å². The molecule has 0 aliphatic heterocycles. The highest BCUT2D eigenvalue weighted by atomic mass is 32.2. The summed E-state index contributed by atoms with van der Waals surface area (Å²) in [5.74, 6) is 1.71. The van der Waals surface area contributed by atoms with Gasteiger partial charge in [-0.15, -0.1) is 32.9 Å². The standard InChI is InChI=1S/C17H15N5S3/c1-2-22-15(14-7-5-9-23-14)20-21-17(22)25-11-12-10-24-16(19-12)13-6-3-4-8-18-13/h3-10H,2,11H2,1H3. The molecule has 0 aliphatic carbocycles. The Morgan fingerprint density at radius 1 is 1.12 bits per heavy atom. The van der Waals surface area contributed by atoms with E-state index < -0.39 is 0 Å². The summed E-state index contributed by atoms with van der Waals surface area (Å²) in [4.78, 5) is 10.2. The van der Waals surface area contributed by atoms with Crippen LogP contribution in [0.4, 0.5) is 0 Å². The zero-order chi connectivity index (χ0) is 17.1. The van der Waals surface area contributed by atoms with E-state index in [1.807, 2.05) is 24.3 Å². The highest BCUT2D eigenvalue weighted by Gasteiger charge is 2.14. The number of thiophene rings is 1. The Kier molecular flexibility index (Phi) is 4.91. The molecular weight excluding hydrogens is 370 g/mol. The van der Waals surface area contributed by atoms with Crippen LogP contribution < -0.4 is 0 Å². The lowest BCUT2D eigenvalue weighted by Crippen LogP contribution is -1.99. The van der Waals surface area contributed by atoms with Crippen LogP contribution in [0.3, 0.4) is 0 Å². The first-order valence-electron chi connectivity index (χ1n) is 7.81. The van der Waals surface area contributed by atoms with Gasteiger partial charge < -0.3 is 4.57 Å². The molecule has 0 fully saturated rings. The third-order valence-electron chi connectivity index (χ3n) is 3.56. The fraction of sp³-hybridized carbons (Fsp3) is 0.176. The molecule has 0 aliphatic rings. The molecule has 8 heteroatoms. The van der Waals surface area contributed by atoms with Gasteiger partial charge in [-0.25, -0.2) is 4.98 Å². The molecule has 4 aromatic rings. The molecule has 4 heterocycles. The summed E-state index contributed by atoms with van der Waals surface area (Å²) in [5.41, 5.74) is 1.96. The van der Waals surface area contributed by atoms with Gasteiger partial charge >= 0.3 is 0 Å². The maximum Gasteiger partial charge on any atom is 0.191 e. The van der Waals surface area contributed by atoms with E-state index in [9.17, 15) is 0 Å². The van der Waals surface area contributed by atoms with Crippen molar-refractivity contribution in [3.63, 3.8) is 0 Å². The van der Waals surface area contributed by atoms with Gasteiger partial charge in [0.2, 0.25) is 0 Å². The predicted octanol–water partition coefficient (Wildman–Crippen LogP) is 4.84. The number of aromatic nitrogens is 5. The van der Waals surface area contributed by atoms with Crippen molar-refractivity contribution >= 4 is 34.4 Å². The van der Waals surface area contributed by atoms with Crippen molar-refractivity contribution in [2.75, 3.05) is 0 Å². The van der Waals surface area contributed by atoms with Gasteiger partial charge in [0.25, 0.3) is 0 Å². The van der Waals surface area contributed by atoms with Gasteiger partial charge in [0, 0.05) is 23.9 Å². The summed E-state index contributed by atoms with van der Waals surface area (Å²) in [6, 6.07) is 9.99. The molecule has 0 aromatic carbocycles. The van der Waals surface area contributed by atoms with Crippen LogP contribution in [-0.4, -0.2) is 24.7 Å². The largest absolute Gasteiger partial charge is 0.302 e. The normalized spacial score (nSPS) is 11.1. The molecule has 25 heavy (non-hydrogen) atoms. The van der Waals surface area contributed by atoms with E-state index in [0.29, 0.717) is 0 Å². The minimum Gasteiger partial charge on any atom is -0.302 e. The number of nitrogens with zero attached hydrogens (tertiary/aromatic N) is 5. The van der Waals surface area contributed by atoms with Crippen LogP contribution in [0.1, 0.15) is 12.6 Å². The molecule has 0 atom stereocenters. The summed E-state index contributed by atoms with van der Waals surface area (Å²) in [6.45, 7) is 2.96. The third kappa shape index (κ3) is 3.51. The maximum absolute atomic E-state index is 4.69. The first-order chi connectivity index (χ1) is 12.3. The molecule has 0 unspecified atom stereocenters. The molecule has 0 saturated heterocycles. The van der Waals surface area contributed by atoms with Crippen LogP contribution in [0.5, 0.6) is 0 Å². The molecule has 0 radical (unpaired) electrons. The molecule has 4 aromatic heterocycles. The lowest BCUT2D eigenvalue weighted by molar-refractivity contribution is 0.688. The average Bonchev–Trinajstić information content (AvgIpc) is 3.39. The molecule has 126 valence electrons. The molecule has 0 N–H and O–H groups in total. The van der Waals surface area contributed by atoms with Crippen LogP contribution >= 0.6 is 34.4 Å². The molecule has 0 bridgehead atoms. The van der Waals surface area contributed by atoms with E-state index in [1.54, 1.807) is 40.6 Å². The topological polar surface area (TPSA) is 56.5 Å². The Hall–Kier alpha value is -2.03. The van der Waals surface area contributed by atoms with E-state index in [4.69, 9.17) is 0 Å². The summed E-state index contributed by atoms with van der Waals surface area (Å²) in [7, 11) is 0. The highest BCUT2D eigenvalue weighted by Crippen LogP contribution is 2.30. The maximum atomic E-state index is 4.69. The van der Waals surface area contributed by atoms with Crippen LogP contribution in [0, 0.1) is 0 Å². The zero-order valence-corrected chi connectivity index (χ0v) is 15.9. The minimum atomic E-state index is 0.770. The second kappa shape index (κ2) is 7.47. The molecule has 0 amide bonds. The van der Waals surface area contributed by atoms with Crippen LogP contribution in [-0.2, 0) is 12.3 Å². The van der Waals surface area contributed by atoms with Crippen molar-refractivity contribution in [2.24, 2.45) is 0 Å². The molecule has 4 rings (SSSR count). The Labute approximate surface area is 157 Å². The van der Waals surface area contributed by atoms with Gasteiger partial charge in [-0.2, -0.15) is 0 Å². The number of hydrogen-bond acceptors (Lipinski definition) is 7. The molecule has 0 spiro atoms. The van der Waals surface area contributed by atoms with Crippen molar-refractivity contribution in [1.82, 2.24) is 24.7 Å². The van der Waals surface area contributed by atoms with E-state index in [1.165, 1.54) is 0 Å². The number of thiazole rings is 1. The van der Waals surface area contributed by atoms with Crippen molar-refractivity contribution in [1.29, 1.82) is 0 Å². The van der Waals surface area contributed by atoms with Crippen LogP contribution in [0.25, 0.3) is 21.4 Å². The van der Waals surface area contributed by atoms with Crippen molar-refractivity contribution in [3.8, 4) is 21.4 Å². The second-order valence-electron chi connectivity index (χ2n) is 5.18. The average molecular weight is 386 g/mol. The van der Waals surface area contributed by atoms with Gasteiger partial charge in [0.1, 0.15) is 5.01 Å². The van der Waals surface area contributed by atoms with E-state index >= 15 is 0 Å². The fourth-order valence-corrected chi connectivity index (χ4v) is 4.90. The molecule has 5 nitrogen and oxygen atoms in total. The summed E-state index contributed by atoms with van der Waals surface area (Å²) in [6.07, 6.45) is 1.79. The van der Waals surface area contributed by atoms with E-state index in [2.05, 4.69) is 48.5 Å². The fourth-order valence-electron chi connectivity index (χ4n) is 2.39. The molecule has 0 saturated carbocycles. The summed E-state index contributed by atoms with van der Waals surface area (Å²) >= 11 is 4.98. The summed E-state index contributed by atoms with van der Waals surface area (Å²) in [5, 5.41) is 14.8. The first-order valence-corrected chi connectivity index (χ1v) is 10.6. The quantitative estimate of drug-likeness (QED) is 0.445. The lowest BCUT2D eigenvalue weighted by atomic mass is 10.4. The number of pyridine rings is 1. The van der Waals surface area contributed by atoms with Gasteiger partial charge in [-0.1, -0.05) is 23.9 Å². The van der Waals surface area contributed by atoms with E-state index in [0.717, 1.165) is 44.6 Å². The summed E-state index contributed by atoms with van der Waals surface area (Å²) < 4.78 is 2.16. The lowest BCUT2D eigenvalue weighted by Gasteiger charge is -2.05. The Bertz CT molecular complexity index is 944. The monoisotopic (exact) mass is 385 g/mol. The van der Waals surface area contributed by atoms with Crippen LogP contribution in [0.2, 0.25) is 0 Å². The Morgan fingerprint density at radius 3 is 2.84 bits per heavy atom. The Balaban J connectivity index is 1.50. The van der Waals surface area contributed by atoms with Gasteiger partial charge in [-0.05, 0) is 30.5 Å². The minimum absolute atomic E-state index is 0.770. The van der Waals surface area contributed by atoms with Gasteiger partial charge in [0.15, 0.2) is 11.0 Å². The van der Waals surface area contributed by atoms with Gasteiger partial charge in [-0.3, -0.25) is 4.98 Å². The molecular formula is C17H15N5S3. The zero-order valence-electron chi connectivity index (χ0n) is 13.5. The smallest absolute Gasteiger partial charge is 0.191 e. The Morgan fingerprint density at radius 2 is 2.08 bits per heavy atom. The number of hydrogen-bond donors (Lipinski definition) is 0.